The molecule has 0 spiro atoms. The number of hydrogen-bond donors (Lipinski definition) is 0. The van der Waals surface area contributed by atoms with Crippen LogP contribution in [0.5, 0.6) is 0 Å². The highest BCUT2D eigenvalue weighted by Crippen LogP contribution is 2.44. The van der Waals surface area contributed by atoms with E-state index in [0.29, 0.717) is 12.3 Å². The van der Waals surface area contributed by atoms with E-state index in [0.717, 1.165) is 94.3 Å². The summed E-state index contributed by atoms with van der Waals surface area (Å²) in [4.78, 5) is 11.6. The van der Waals surface area contributed by atoms with Gasteiger partial charge in [-0.25, -0.2) is 9.98 Å². The largest absolute Gasteiger partial charge is 0.455 e. The van der Waals surface area contributed by atoms with Gasteiger partial charge in [0.2, 0.25) is 0 Å². The quantitative estimate of drug-likeness (QED) is 0.177. The predicted octanol–water partition coefficient (Wildman–Crippen LogP) is 16.8. The number of amidine groups is 1. The van der Waals surface area contributed by atoms with Crippen molar-refractivity contribution in [3.8, 4) is 5.69 Å². The molecular formula is C63H40N4O2. The Bertz CT molecular complexity index is 4560. The van der Waals surface area contributed by atoms with Crippen LogP contribution >= 0.6 is 0 Å². The van der Waals surface area contributed by atoms with Crippen molar-refractivity contribution in [2.75, 3.05) is 0 Å². The first-order valence-corrected chi connectivity index (χ1v) is 23.7. The molecule has 6 nitrogen and oxygen atoms in total. The van der Waals surface area contributed by atoms with Gasteiger partial charge in [0, 0.05) is 65.5 Å². The lowest BCUT2D eigenvalue weighted by Gasteiger charge is -2.20. The molecule has 1 aliphatic rings. The van der Waals surface area contributed by atoms with Crippen LogP contribution in [-0.2, 0) is 0 Å². The van der Waals surface area contributed by atoms with Gasteiger partial charge < -0.3 is 13.4 Å². The summed E-state index contributed by atoms with van der Waals surface area (Å²) >= 11 is 0. The lowest BCUT2D eigenvalue weighted by atomic mass is 9.93. The fourth-order valence-electron chi connectivity index (χ4n) is 11.4. The van der Waals surface area contributed by atoms with E-state index in [2.05, 4.69) is 204 Å². The van der Waals surface area contributed by atoms with Gasteiger partial charge in [-0.05, 0) is 83.3 Å². The van der Waals surface area contributed by atoms with Crippen molar-refractivity contribution in [1.29, 1.82) is 0 Å². The minimum atomic E-state index is -0.00559. The van der Waals surface area contributed by atoms with Crippen molar-refractivity contribution in [2.45, 2.75) is 13.3 Å². The second kappa shape index (κ2) is 14.5. The maximum absolute atomic E-state index is 7.17. The smallest absolute Gasteiger partial charge is 0.162 e. The van der Waals surface area contributed by atoms with Crippen LogP contribution in [0.25, 0.3) is 121 Å². The van der Waals surface area contributed by atoms with Crippen LogP contribution in [-0.4, -0.2) is 20.7 Å². The molecule has 15 rings (SSSR count). The van der Waals surface area contributed by atoms with E-state index in [1.165, 1.54) is 43.1 Å². The summed E-state index contributed by atoms with van der Waals surface area (Å²) in [5.74, 6) is 1.42. The predicted molar refractivity (Wildman–Crippen MR) is 287 cm³/mol. The van der Waals surface area contributed by atoms with Gasteiger partial charge in [-0.2, -0.15) is 0 Å². The van der Waals surface area contributed by atoms with Crippen LogP contribution < -0.4 is 0 Å². The van der Waals surface area contributed by atoms with Gasteiger partial charge in [0.1, 0.15) is 22.6 Å². The van der Waals surface area contributed by atoms with Crippen LogP contribution in [0.2, 0.25) is 0 Å². The van der Waals surface area contributed by atoms with Crippen molar-refractivity contribution in [3.05, 3.63) is 217 Å². The first-order valence-electron chi connectivity index (χ1n) is 23.7. The Hall–Kier alpha value is -9.00. The van der Waals surface area contributed by atoms with Gasteiger partial charge >= 0.3 is 0 Å². The number of rotatable bonds is 4. The molecule has 0 aliphatic carbocycles. The Balaban J connectivity index is 1.06. The fourth-order valence-corrected chi connectivity index (χ4v) is 11.4. The zero-order chi connectivity index (χ0) is 45.3. The summed E-state index contributed by atoms with van der Waals surface area (Å²) in [5.41, 5.74) is 11.4. The number of furan rings is 2. The van der Waals surface area contributed by atoms with Crippen LogP contribution in [0.1, 0.15) is 24.5 Å². The molecule has 0 saturated carbocycles. The van der Waals surface area contributed by atoms with E-state index in [9.17, 15) is 0 Å². The zero-order valence-electron chi connectivity index (χ0n) is 37.5. The summed E-state index contributed by atoms with van der Waals surface area (Å²) < 4.78 is 18.6. The average molecular weight is 885 g/mol. The molecule has 0 fully saturated rings. The molecule has 1 atom stereocenters. The Labute approximate surface area is 394 Å². The van der Waals surface area contributed by atoms with Gasteiger partial charge in [0.05, 0.1) is 33.5 Å². The van der Waals surface area contributed by atoms with E-state index in [1.54, 1.807) is 0 Å². The topological polar surface area (TPSA) is 60.9 Å². The second-order valence-corrected chi connectivity index (χ2v) is 18.5. The fraction of sp³-hybridized carbons (Fsp3) is 0.0476. The minimum absolute atomic E-state index is 0.00559. The molecular weight excluding hydrogens is 845 g/mol. The number of para-hydroxylation sites is 5. The Kier molecular flexibility index (Phi) is 8.01. The summed E-state index contributed by atoms with van der Waals surface area (Å²) in [6.45, 7) is 2.27. The molecule has 69 heavy (non-hydrogen) atoms. The highest BCUT2D eigenvalue weighted by Gasteiger charge is 2.27. The van der Waals surface area contributed by atoms with Crippen LogP contribution in [0.3, 0.4) is 0 Å². The van der Waals surface area contributed by atoms with Gasteiger partial charge in [-0.15, -0.1) is 0 Å². The third-order valence-electron chi connectivity index (χ3n) is 14.6. The number of benzene rings is 10. The van der Waals surface area contributed by atoms with E-state index in [4.69, 9.17) is 18.8 Å². The number of aromatic nitrogens is 2. The SMILES string of the molecule is CC1C/C=C(\n2c3ccccc3c3ccccc32)N=C(c2ccc(-n3c4cc5ccccc5cc4c4ccc5ccccc5c43)c3oc4ccccc4c23)N=C1c1cccc2c1oc1ccccc12. The summed E-state index contributed by atoms with van der Waals surface area (Å²) in [7, 11) is 0. The van der Waals surface area contributed by atoms with E-state index < -0.39 is 0 Å². The van der Waals surface area contributed by atoms with Crippen molar-refractivity contribution >= 4 is 126 Å². The molecule has 0 N–H and O–H groups in total. The third kappa shape index (κ3) is 5.54. The molecule has 10 aromatic carbocycles. The molecule has 0 saturated heterocycles. The maximum Gasteiger partial charge on any atom is 0.162 e. The lowest BCUT2D eigenvalue weighted by Crippen LogP contribution is -2.18. The highest BCUT2D eigenvalue weighted by atomic mass is 16.3. The highest BCUT2D eigenvalue weighted by molar-refractivity contribution is 6.27. The summed E-state index contributed by atoms with van der Waals surface area (Å²) in [6, 6.07) is 71.3. The van der Waals surface area contributed by atoms with E-state index >= 15 is 0 Å². The Morgan fingerprint density at radius 3 is 1.84 bits per heavy atom. The van der Waals surface area contributed by atoms with Crippen LogP contribution in [0.15, 0.2) is 225 Å². The first-order chi connectivity index (χ1) is 34.1. The molecule has 0 amide bonds. The van der Waals surface area contributed by atoms with Crippen molar-refractivity contribution in [2.24, 2.45) is 15.9 Å². The molecule has 4 aromatic heterocycles. The van der Waals surface area contributed by atoms with Gasteiger partial charge in [-0.1, -0.05) is 153 Å². The maximum atomic E-state index is 7.17. The summed E-state index contributed by atoms with van der Waals surface area (Å²) in [5, 5.41) is 13.6. The minimum Gasteiger partial charge on any atom is -0.455 e. The molecule has 5 heterocycles. The van der Waals surface area contributed by atoms with Crippen LogP contribution in [0, 0.1) is 5.92 Å². The Morgan fingerprint density at radius 2 is 1.06 bits per heavy atom. The van der Waals surface area contributed by atoms with Crippen LogP contribution in [0.4, 0.5) is 0 Å². The average Bonchev–Trinajstić information content (AvgIpc) is 4.15. The zero-order valence-corrected chi connectivity index (χ0v) is 37.5. The van der Waals surface area contributed by atoms with E-state index in [-0.39, 0.29) is 5.92 Å². The molecule has 1 aliphatic heterocycles. The van der Waals surface area contributed by atoms with Crippen molar-refractivity contribution in [1.82, 2.24) is 9.13 Å². The molecule has 6 heteroatoms. The number of allylic oxidation sites excluding steroid dienone is 1. The van der Waals surface area contributed by atoms with Crippen molar-refractivity contribution < 1.29 is 8.83 Å². The number of aliphatic imine (C=N–C) groups is 2. The molecule has 0 radical (unpaired) electrons. The lowest BCUT2D eigenvalue weighted by molar-refractivity contribution is 0.666. The van der Waals surface area contributed by atoms with Gasteiger partial charge in [0.25, 0.3) is 0 Å². The number of fused-ring (bicyclic) bond motifs is 15. The molecule has 1 unspecified atom stereocenters. The third-order valence-corrected chi connectivity index (χ3v) is 14.6. The van der Waals surface area contributed by atoms with Crippen molar-refractivity contribution in [3.63, 3.8) is 0 Å². The Morgan fingerprint density at radius 1 is 0.435 bits per heavy atom. The molecule has 0 bridgehead atoms. The monoisotopic (exact) mass is 884 g/mol. The second-order valence-electron chi connectivity index (χ2n) is 18.5. The van der Waals surface area contributed by atoms with E-state index in [1.807, 2.05) is 18.2 Å². The molecule has 14 aromatic rings. The summed E-state index contributed by atoms with van der Waals surface area (Å²) in [6.07, 6.45) is 3.01. The van der Waals surface area contributed by atoms with Gasteiger partial charge in [0.15, 0.2) is 11.4 Å². The standard InChI is InChI=1S/C63H40N4O2/c1-37-29-34-57(66-51-25-10-6-19-42(51)43-20-7-11-26-52(43)66)64-63(65-59(37)49-24-14-23-46-44-21-8-12-27-55(44)68-61(46)49)48-32-33-53(62-58(48)47-22-9-13-28-56(47)69-62)67-54-36-40-17-3-2-16-39(40)35-50(54)45-31-30-38-15-4-5-18-41(38)60(45)67/h2-28,30-37H,29H2,1H3/b57-34-,64-63?,65-59?. The normalized spacial score (nSPS) is 15.6. The number of nitrogens with zero attached hydrogens (tertiary/aromatic N) is 4. The van der Waals surface area contributed by atoms with Gasteiger partial charge in [-0.3, -0.25) is 4.57 Å². The number of hydrogen-bond acceptors (Lipinski definition) is 4. The first kappa shape index (κ1) is 38.1. The molecule has 324 valence electrons.